The molecule has 0 fully saturated rings. The van der Waals surface area contributed by atoms with Crippen molar-refractivity contribution in [3.63, 3.8) is 0 Å². The third-order valence-corrected chi connectivity index (χ3v) is 2.19. The summed E-state index contributed by atoms with van der Waals surface area (Å²) in [4.78, 5) is 12.3. The highest BCUT2D eigenvalue weighted by Crippen LogP contribution is 2.17. The van der Waals surface area contributed by atoms with Crippen molar-refractivity contribution >= 4 is 5.91 Å². The molecule has 0 aliphatic carbocycles. The van der Waals surface area contributed by atoms with Gasteiger partial charge in [-0.05, 0) is 27.8 Å². The highest BCUT2D eigenvalue weighted by molar-refractivity contribution is 5.84. The Kier molecular flexibility index (Phi) is 5.41. The predicted molar refractivity (Wildman–Crippen MR) is 59.4 cm³/mol. The Bertz CT molecular complexity index is 268. The Labute approximate surface area is 99.3 Å². The number of primary amides is 1. The van der Waals surface area contributed by atoms with Crippen LogP contribution in [0.1, 0.15) is 20.8 Å². The lowest BCUT2D eigenvalue weighted by molar-refractivity contribution is -0.147. The molecule has 0 bridgehead atoms. The first kappa shape index (κ1) is 16.2. The van der Waals surface area contributed by atoms with E-state index in [0.29, 0.717) is 0 Å². The van der Waals surface area contributed by atoms with E-state index in [1.807, 2.05) is 0 Å². The molecule has 0 aromatic rings. The maximum Gasteiger partial charge on any atom is 0.401 e. The summed E-state index contributed by atoms with van der Waals surface area (Å²) in [6.07, 6.45) is -4.29. The monoisotopic (exact) mass is 255 g/mol. The maximum absolute atomic E-state index is 12.2. The number of carbonyl (C=O) groups excluding carboxylic acids is 1. The van der Waals surface area contributed by atoms with Crippen molar-refractivity contribution in [3.05, 3.63) is 0 Å². The van der Waals surface area contributed by atoms with Crippen LogP contribution in [-0.2, 0) is 4.79 Å². The van der Waals surface area contributed by atoms with Crippen LogP contribution in [0.3, 0.4) is 0 Å². The third-order valence-electron chi connectivity index (χ3n) is 2.19. The smallest absolute Gasteiger partial charge is 0.368 e. The van der Waals surface area contributed by atoms with E-state index in [1.54, 1.807) is 13.8 Å². The molecule has 0 aromatic heterocycles. The van der Waals surface area contributed by atoms with E-state index < -0.39 is 24.2 Å². The van der Waals surface area contributed by atoms with Crippen molar-refractivity contribution in [2.75, 3.05) is 20.1 Å². The molecule has 17 heavy (non-hydrogen) atoms. The molecule has 1 atom stereocenters. The van der Waals surface area contributed by atoms with Crippen LogP contribution in [0, 0.1) is 0 Å². The minimum absolute atomic E-state index is 0.0493. The molecule has 1 unspecified atom stereocenters. The summed E-state index contributed by atoms with van der Waals surface area (Å²) in [6, 6.07) is -0.0493. The number of nitrogens with zero attached hydrogens (tertiary/aromatic N) is 1. The molecule has 0 rings (SSSR count). The van der Waals surface area contributed by atoms with E-state index in [1.165, 1.54) is 14.0 Å². The summed E-state index contributed by atoms with van der Waals surface area (Å²) in [6.45, 7) is 3.92. The Morgan fingerprint density at radius 2 is 1.82 bits per heavy atom. The molecular formula is C10H20F3N3O. The van der Waals surface area contributed by atoms with Gasteiger partial charge in [0.2, 0.25) is 5.91 Å². The predicted octanol–water partition coefficient (Wildman–Crippen LogP) is 0.722. The van der Waals surface area contributed by atoms with Crippen molar-refractivity contribution in [3.8, 4) is 0 Å². The van der Waals surface area contributed by atoms with Gasteiger partial charge in [-0.15, -0.1) is 0 Å². The number of nitrogens with one attached hydrogen (secondary N) is 1. The van der Waals surface area contributed by atoms with Crippen molar-refractivity contribution in [1.29, 1.82) is 0 Å². The van der Waals surface area contributed by atoms with Gasteiger partial charge in [-0.3, -0.25) is 9.69 Å². The zero-order valence-corrected chi connectivity index (χ0v) is 10.6. The number of rotatable bonds is 6. The average molecular weight is 255 g/mol. The number of amides is 1. The first-order valence-corrected chi connectivity index (χ1v) is 5.29. The number of hydrogen-bond donors (Lipinski definition) is 2. The number of likely N-dealkylation sites (N-methyl/N-ethyl adjacent to an activating group) is 1. The summed E-state index contributed by atoms with van der Waals surface area (Å²) in [5.74, 6) is -0.666. The zero-order chi connectivity index (χ0) is 13.9. The van der Waals surface area contributed by atoms with E-state index in [4.69, 9.17) is 5.73 Å². The number of nitrogens with two attached hydrogens (primary N) is 1. The molecule has 102 valence electrons. The second-order valence-corrected chi connectivity index (χ2v) is 4.78. The fraction of sp³-hybridized carbons (Fsp3) is 0.900. The first-order valence-electron chi connectivity index (χ1n) is 5.29. The topological polar surface area (TPSA) is 58.4 Å². The summed E-state index contributed by atoms with van der Waals surface area (Å²) in [5, 5.41) is 2.89. The summed E-state index contributed by atoms with van der Waals surface area (Å²) < 4.78 is 36.5. The molecule has 1 amide bonds. The number of carbonyl (C=O) groups is 1. The summed E-state index contributed by atoms with van der Waals surface area (Å²) >= 11 is 0. The number of hydrogen-bond acceptors (Lipinski definition) is 3. The van der Waals surface area contributed by atoms with Crippen LogP contribution in [0.15, 0.2) is 0 Å². The van der Waals surface area contributed by atoms with Crippen LogP contribution in [0.2, 0.25) is 0 Å². The second-order valence-electron chi connectivity index (χ2n) is 4.78. The minimum Gasteiger partial charge on any atom is -0.368 e. The molecule has 0 saturated heterocycles. The average Bonchev–Trinajstić information content (AvgIpc) is 1.96. The zero-order valence-electron chi connectivity index (χ0n) is 10.6. The van der Waals surface area contributed by atoms with E-state index in [-0.39, 0.29) is 12.6 Å². The molecular weight excluding hydrogens is 235 g/mol. The van der Waals surface area contributed by atoms with Gasteiger partial charge in [0, 0.05) is 12.6 Å². The van der Waals surface area contributed by atoms with Gasteiger partial charge in [-0.25, -0.2) is 0 Å². The van der Waals surface area contributed by atoms with Gasteiger partial charge in [-0.2, -0.15) is 13.2 Å². The lowest BCUT2D eigenvalue weighted by atomic mass is 9.99. The standard InChI is InChI=1S/C10H20F3N3O/c1-7(2)15-9(3,8(14)17)5-16(4)6-10(11,12)13/h7,15H,5-6H2,1-4H3,(H2,14,17). The molecule has 0 saturated carbocycles. The number of halogens is 3. The first-order chi connectivity index (χ1) is 7.46. The van der Waals surface area contributed by atoms with E-state index in [9.17, 15) is 18.0 Å². The van der Waals surface area contributed by atoms with Gasteiger partial charge in [0.05, 0.1) is 6.54 Å². The Hall–Kier alpha value is -0.820. The largest absolute Gasteiger partial charge is 0.401 e. The molecule has 0 aliphatic heterocycles. The van der Waals surface area contributed by atoms with Crippen LogP contribution in [0.4, 0.5) is 13.2 Å². The minimum atomic E-state index is -4.29. The van der Waals surface area contributed by atoms with Crippen molar-refractivity contribution in [2.24, 2.45) is 5.73 Å². The van der Waals surface area contributed by atoms with Gasteiger partial charge >= 0.3 is 6.18 Å². The van der Waals surface area contributed by atoms with Crippen molar-refractivity contribution < 1.29 is 18.0 Å². The molecule has 0 radical (unpaired) electrons. The summed E-state index contributed by atoms with van der Waals surface area (Å²) in [7, 11) is 1.30. The SMILES string of the molecule is CC(C)NC(C)(CN(C)CC(F)(F)F)C(N)=O. The Morgan fingerprint density at radius 3 is 2.12 bits per heavy atom. The molecule has 3 N–H and O–H groups in total. The van der Waals surface area contributed by atoms with Crippen LogP contribution in [0.5, 0.6) is 0 Å². The second kappa shape index (κ2) is 5.68. The van der Waals surface area contributed by atoms with Crippen LogP contribution in [0.25, 0.3) is 0 Å². The van der Waals surface area contributed by atoms with Gasteiger partial charge in [-0.1, -0.05) is 0 Å². The van der Waals surface area contributed by atoms with E-state index in [2.05, 4.69) is 5.32 Å². The molecule has 0 aliphatic rings. The van der Waals surface area contributed by atoms with Gasteiger partial charge in [0.25, 0.3) is 0 Å². The fourth-order valence-corrected chi connectivity index (χ4v) is 1.73. The fourth-order valence-electron chi connectivity index (χ4n) is 1.73. The normalized spacial score (nSPS) is 16.3. The molecule has 7 heteroatoms. The van der Waals surface area contributed by atoms with E-state index in [0.717, 1.165) is 4.90 Å². The Morgan fingerprint density at radius 1 is 1.35 bits per heavy atom. The maximum atomic E-state index is 12.2. The lowest BCUT2D eigenvalue weighted by Gasteiger charge is -2.34. The van der Waals surface area contributed by atoms with Gasteiger partial charge in [0.1, 0.15) is 5.54 Å². The number of alkyl halides is 3. The van der Waals surface area contributed by atoms with Gasteiger partial charge < -0.3 is 11.1 Å². The third kappa shape index (κ3) is 6.48. The highest BCUT2D eigenvalue weighted by atomic mass is 19.4. The van der Waals surface area contributed by atoms with Crippen LogP contribution >= 0.6 is 0 Å². The van der Waals surface area contributed by atoms with Crippen LogP contribution in [-0.4, -0.2) is 48.7 Å². The van der Waals surface area contributed by atoms with Gasteiger partial charge in [0.15, 0.2) is 0 Å². The molecule has 4 nitrogen and oxygen atoms in total. The Balaban J connectivity index is 4.60. The van der Waals surface area contributed by atoms with E-state index >= 15 is 0 Å². The van der Waals surface area contributed by atoms with Crippen molar-refractivity contribution in [1.82, 2.24) is 10.2 Å². The molecule has 0 aromatic carbocycles. The van der Waals surface area contributed by atoms with Crippen LogP contribution < -0.4 is 11.1 Å². The molecule has 0 spiro atoms. The lowest BCUT2D eigenvalue weighted by Crippen LogP contribution is -2.61. The molecule has 0 heterocycles. The highest BCUT2D eigenvalue weighted by Gasteiger charge is 2.36. The van der Waals surface area contributed by atoms with Crippen molar-refractivity contribution in [2.45, 2.75) is 38.5 Å². The quantitative estimate of drug-likeness (QED) is 0.735. The summed E-state index contributed by atoms with van der Waals surface area (Å²) in [5.41, 5.74) is 4.05.